The third-order valence-electron chi connectivity index (χ3n) is 4.82. The van der Waals surface area contributed by atoms with Crippen LogP contribution in [0.5, 0.6) is 0 Å². The summed E-state index contributed by atoms with van der Waals surface area (Å²) in [7, 11) is 0. The van der Waals surface area contributed by atoms with Crippen LogP contribution in [0.15, 0.2) is 59.8 Å². The zero-order valence-electron chi connectivity index (χ0n) is 16.3. The molecule has 0 unspecified atom stereocenters. The number of aromatic amines is 1. The SMILES string of the molecule is Cc1nccn1-c1cc(CNC(=O)CCn2c(=S)[nH]c3ccccc3c2=O)ccn1. The molecule has 8 nitrogen and oxygen atoms in total. The van der Waals surface area contributed by atoms with Gasteiger partial charge in [-0.3, -0.25) is 18.7 Å². The van der Waals surface area contributed by atoms with Crippen LogP contribution in [0.2, 0.25) is 0 Å². The summed E-state index contributed by atoms with van der Waals surface area (Å²) in [6.45, 7) is 2.47. The van der Waals surface area contributed by atoms with E-state index in [0.717, 1.165) is 17.2 Å². The molecule has 9 heteroatoms. The van der Waals surface area contributed by atoms with Crippen molar-refractivity contribution in [2.75, 3.05) is 0 Å². The molecule has 0 radical (unpaired) electrons. The van der Waals surface area contributed by atoms with E-state index in [0.29, 0.717) is 22.2 Å². The van der Waals surface area contributed by atoms with Crippen molar-refractivity contribution in [1.29, 1.82) is 0 Å². The molecule has 0 spiro atoms. The van der Waals surface area contributed by atoms with Crippen LogP contribution in [0.1, 0.15) is 17.8 Å². The van der Waals surface area contributed by atoms with Gasteiger partial charge in [0.2, 0.25) is 5.91 Å². The predicted molar refractivity (Wildman–Crippen MR) is 116 cm³/mol. The Kier molecular flexibility index (Phi) is 5.53. The van der Waals surface area contributed by atoms with Gasteiger partial charge in [0, 0.05) is 38.1 Å². The molecule has 152 valence electrons. The molecule has 0 saturated heterocycles. The molecule has 0 fully saturated rings. The van der Waals surface area contributed by atoms with E-state index in [4.69, 9.17) is 12.2 Å². The third-order valence-corrected chi connectivity index (χ3v) is 5.15. The summed E-state index contributed by atoms with van der Waals surface area (Å²) in [6, 6.07) is 10.9. The lowest BCUT2D eigenvalue weighted by atomic mass is 10.2. The molecule has 4 aromatic rings. The van der Waals surface area contributed by atoms with Crippen LogP contribution in [-0.4, -0.2) is 30.0 Å². The van der Waals surface area contributed by atoms with Gasteiger partial charge in [0.25, 0.3) is 5.56 Å². The second-order valence-electron chi connectivity index (χ2n) is 6.83. The Labute approximate surface area is 177 Å². The van der Waals surface area contributed by atoms with Crippen molar-refractivity contribution >= 4 is 29.0 Å². The molecule has 1 amide bonds. The van der Waals surface area contributed by atoms with Crippen LogP contribution >= 0.6 is 12.2 Å². The summed E-state index contributed by atoms with van der Waals surface area (Å²) < 4.78 is 3.60. The van der Waals surface area contributed by atoms with Crippen molar-refractivity contribution in [2.45, 2.75) is 26.4 Å². The van der Waals surface area contributed by atoms with Gasteiger partial charge in [-0.05, 0) is 49.0 Å². The van der Waals surface area contributed by atoms with E-state index in [2.05, 4.69) is 20.3 Å². The summed E-state index contributed by atoms with van der Waals surface area (Å²) in [6.07, 6.45) is 5.40. The monoisotopic (exact) mass is 420 g/mol. The van der Waals surface area contributed by atoms with Crippen LogP contribution in [-0.2, 0) is 17.9 Å². The summed E-state index contributed by atoms with van der Waals surface area (Å²) in [5, 5.41) is 3.43. The summed E-state index contributed by atoms with van der Waals surface area (Å²) in [5.74, 6) is 1.41. The molecule has 0 aliphatic rings. The third kappa shape index (κ3) is 4.06. The lowest BCUT2D eigenvalue weighted by Gasteiger charge is -2.10. The number of amides is 1. The minimum atomic E-state index is -0.198. The lowest BCUT2D eigenvalue weighted by molar-refractivity contribution is -0.121. The van der Waals surface area contributed by atoms with E-state index >= 15 is 0 Å². The van der Waals surface area contributed by atoms with E-state index < -0.39 is 0 Å². The number of aryl methyl sites for hydroxylation is 1. The number of rotatable bonds is 6. The maximum absolute atomic E-state index is 12.6. The Hall–Kier alpha value is -3.59. The molecule has 1 aromatic carbocycles. The standard InChI is InChI=1S/C21H20N6O2S/c1-14-22-9-11-26(14)18-12-15(6-8-23-18)13-24-19(28)7-10-27-20(29)16-4-2-3-5-17(16)25-21(27)30/h2-6,8-9,11-12H,7,10,13H2,1H3,(H,24,28)(H,25,30). The fraction of sp³-hybridized carbons (Fsp3) is 0.190. The normalized spacial score (nSPS) is 11.0. The largest absolute Gasteiger partial charge is 0.352 e. The Balaban J connectivity index is 1.41. The maximum Gasteiger partial charge on any atom is 0.262 e. The number of aromatic nitrogens is 5. The minimum Gasteiger partial charge on any atom is -0.352 e. The highest BCUT2D eigenvalue weighted by molar-refractivity contribution is 7.71. The highest BCUT2D eigenvalue weighted by Crippen LogP contribution is 2.10. The first-order valence-corrected chi connectivity index (χ1v) is 9.87. The molecule has 0 atom stereocenters. The molecule has 4 rings (SSSR count). The van der Waals surface area contributed by atoms with Crippen molar-refractivity contribution in [1.82, 2.24) is 29.4 Å². The number of hydrogen-bond acceptors (Lipinski definition) is 5. The number of carbonyl (C=O) groups is 1. The summed E-state index contributed by atoms with van der Waals surface area (Å²) in [5.41, 5.74) is 1.41. The maximum atomic E-state index is 12.6. The number of nitrogens with one attached hydrogen (secondary N) is 2. The number of benzene rings is 1. The van der Waals surface area contributed by atoms with E-state index in [1.54, 1.807) is 30.6 Å². The summed E-state index contributed by atoms with van der Waals surface area (Å²) in [4.78, 5) is 36.6. The highest BCUT2D eigenvalue weighted by atomic mass is 32.1. The second-order valence-corrected chi connectivity index (χ2v) is 7.21. The number of hydrogen-bond donors (Lipinski definition) is 2. The van der Waals surface area contributed by atoms with E-state index in [1.165, 1.54) is 4.57 Å². The van der Waals surface area contributed by atoms with Crippen LogP contribution in [0.25, 0.3) is 16.7 Å². The summed E-state index contributed by atoms with van der Waals surface area (Å²) >= 11 is 5.29. The van der Waals surface area contributed by atoms with Crippen molar-refractivity contribution < 1.29 is 4.79 Å². The van der Waals surface area contributed by atoms with Crippen molar-refractivity contribution in [2.24, 2.45) is 0 Å². The number of nitrogens with zero attached hydrogens (tertiary/aromatic N) is 4. The minimum absolute atomic E-state index is 0.147. The quantitative estimate of drug-likeness (QED) is 0.468. The van der Waals surface area contributed by atoms with Gasteiger partial charge >= 0.3 is 0 Å². The fourth-order valence-electron chi connectivity index (χ4n) is 3.23. The molecule has 0 saturated carbocycles. The van der Waals surface area contributed by atoms with Gasteiger partial charge in [-0.15, -0.1) is 0 Å². The van der Waals surface area contributed by atoms with E-state index in [-0.39, 0.29) is 24.4 Å². The Bertz CT molecular complexity index is 1340. The van der Waals surface area contributed by atoms with Crippen molar-refractivity contribution in [3.05, 3.63) is 81.5 Å². The van der Waals surface area contributed by atoms with Gasteiger partial charge in [-0.1, -0.05) is 12.1 Å². The van der Waals surface area contributed by atoms with Crippen LogP contribution < -0.4 is 10.9 Å². The Morgan fingerprint density at radius 2 is 2.03 bits per heavy atom. The average molecular weight is 420 g/mol. The molecule has 2 N–H and O–H groups in total. The molecule has 0 bridgehead atoms. The zero-order valence-corrected chi connectivity index (χ0v) is 17.1. The number of para-hydroxylation sites is 1. The molecule has 30 heavy (non-hydrogen) atoms. The van der Waals surface area contributed by atoms with Gasteiger partial charge < -0.3 is 10.3 Å². The first kappa shape index (κ1) is 19.7. The number of imidazole rings is 1. The van der Waals surface area contributed by atoms with E-state index in [1.807, 2.05) is 35.9 Å². The molecule has 3 heterocycles. The van der Waals surface area contributed by atoms with Gasteiger partial charge in [0.1, 0.15) is 11.6 Å². The fourth-order valence-corrected chi connectivity index (χ4v) is 3.51. The van der Waals surface area contributed by atoms with Gasteiger partial charge in [-0.2, -0.15) is 0 Å². The molecular formula is C21H20N6O2S. The van der Waals surface area contributed by atoms with Crippen LogP contribution in [0, 0.1) is 11.7 Å². The van der Waals surface area contributed by atoms with Gasteiger partial charge in [-0.25, -0.2) is 9.97 Å². The topological polar surface area (TPSA) is 97.6 Å². The predicted octanol–water partition coefficient (Wildman–Crippen LogP) is 2.65. The highest BCUT2D eigenvalue weighted by Gasteiger charge is 2.09. The lowest BCUT2D eigenvalue weighted by Crippen LogP contribution is -2.28. The molecule has 3 aromatic heterocycles. The first-order valence-electron chi connectivity index (χ1n) is 9.47. The number of H-pyrrole nitrogens is 1. The number of fused-ring (bicyclic) bond motifs is 1. The van der Waals surface area contributed by atoms with E-state index in [9.17, 15) is 9.59 Å². The van der Waals surface area contributed by atoms with Crippen molar-refractivity contribution in [3.63, 3.8) is 0 Å². The van der Waals surface area contributed by atoms with Crippen LogP contribution in [0.4, 0.5) is 0 Å². The molecular weight excluding hydrogens is 400 g/mol. The Morgan fingerprint density at radius 3 is 2.83 bits per heavy atom. The average Bonchev–Trinajstić information content (AvgIpc) is 3.18. The smallest absolute Gasteiger partial charge is 0.262 e. The molecule has 0 aliphatic heterocycles. The molecule has 0 aliphatic carbocycles. The second kappa shape index (κ2) is 8.42. The van der Waals surface area contributed by atoms with Gasteiger partial charge in [0.05, 0.1) is 10.9 Å². The first-order chi connectivity index (χ1) is 14.5. The van der Waals surface area contributed by atoms with Crippen molar-refractivity contribution in [3.8, 4) is 5.82 Å². The Morgan fingerprint density at radius 1 is 1.20 bits per heavy atom. The van der Waals surface area contributed by atoms with Crippen LogP contribution in [0.3, 0.4) is 0 Å². The zero-order chi connectivity index (χ0) is 21.1. The van der Waals surface area contributed by atoms with Gasteiger partial charge in [0.15, 0.2) is 4.77 Å². The number of pyridine rings is 1. The number of carbonyl (C=O) groups excluding carboxylic acids is 1.